The molecule has 0 unspecified atom stereocenters. The highest BCUT2D eigenvalue weighted by Gasteiger charge is 2.20. The van der Waals surface area contributed by atoms with Gasteiger partial charge in [-0.05, 0) is 5.56 Å². The predicted octanol–water partition coefficient (Wildman–Crippen LogP) is 2.80. The van der Waals surface area contributed by atoms with Crippen LogP contribution in [-0.4, -0.2) is 17.3 Å². The van der Waals surface area contributed by atoms with Gasteiger partial charge in [-0.25, -0.2) is 9.83 Å². The molecule has 21 heavy (non-hydrogen) atoms. The van der Waals surface area contributed by atoms with Crippen LogP contribution in [0.3, 0.4) is 0 Å². The predicted molar refractivity (Wildman–Crippen MR) is 84.8 cm³/mol. The molecule has 0 atom stereocenters. The SMILES string of the molecule is [C-]#[N+]c1c(N)nc(SCCN)c(C#N)c1-c1ccccc1. The van der Waals surface area contributed by atoms with Crippen LogP contribution in [0.2, 0.25) is 0 Å². The molecule has 0 aliphatic rings. The fourth-order valence-corrected chi connectivity index (χ4v) is 2.70. The number of nitriles is 1. The summed E-state index contributed by atoms with van der Waals surface area (Å²) in [5.41, 5.74) is 13.3. The van der Waals surface area contributed by atoms with Crippen molar-refractivity contribution in [3.05, 3.63) is 47.3 Å². The molecule has 0 fully saturated rings. The summed E-state index contributed by atoms with van der Waals surface area (Å²) in [5, 5.41) is 10.0. The largest absolute Gasteiger partial charge is 0.392 e. The molecule has 0 aliphatic heterocycles. The van der Waals surface area contributed by atoms with Crippen molar-refractivity contribution in [2.45, 2.75) is 5.03 Å². The first kappa shape index (κ1) is 14.9. The van der Waals surface area contributed by atoms with Crippen molar-refractivity contribution in [1.82, 2.24) is 4.98 Å². The van der Waals surface area contributed by atoms with Gasteiger partial charge in [-0.15, -0.1) is 11.8 Å². The summed E-state index contributed by atoms with van der Waals surface area (Å²) < 4.78 is 0. The van der Waals surface area contributed by atoms with Gasteiger partial charge in [0.15, 0.2) is 0 Å². The highest BCUT2D eigenvalue weighted by atomic mass is 32.2. The molecule has 0 spiro atoms. The minimum absolute atomic E-state index is 0.141. The number of aromatic nitrogens is 1. The first-order valence-corrected chi connectivity index (χ1v) is 7.20. The van der Waals surface area contributed by atoms with Gasteiger partial charge < -0.3 is 11.5 Å². The molecule has 0 amide bonds. The Balaban J connectivity index is 2.74. The number of rotatable bonds is 4. The van der Waals surface area contributed by atoms with Gasteiger partial charge in [-0.3, -0.25) is 0 Å². The van der Waals surface area contributed by atoms with E-state index >= 15 is 0 Å². The minimum atomic E-state index is 0.141. The van der Waals surface area contributed by atoms with Crippen LogP contribution in [0.1, 0.15) is 5.56 Å². The van der Waals surface area contributed by atoms with E-state index in [0.717, 1.165) is 5.56 Å². The molecule has 4 N–H and O–H groups in total. The number of benzene rings is 1. The summed E-state index contributed by atoms with van der Waals surface area (Å²) in [6.07, 6.45) is 0. The second-order valence-corrected chi connectivity index (χ2v) is 5.21. The lowest BCUT2D eigenvalue weighted by atomic mass is 10.00. The smallest absolute Gasteiger partial charge is 0.236 e. The third kappa shape index (κ3) is 2.97. The van der Waals surface area contributed by atoms with Gasteiger partial charge in [0.2, 0.25) is 5.69 Å². The third-order valence-electron chi connectivity index (χ3n) is 2.81. The average Bonchev–Trinajstić information content (AvgIpc) is 2.52. The molecule has 5 nitrogen and oxygen atoms in total. The van der Waals surface area contributed by atoms with Crippen LogP contribution in [0.5, 0.6) is 0 Å². The molecular weight excluding hydrogens is 282 g/mol. The monoisotopic (exact) mass is 295 g/mol. The molecule has 2 aromatic rings. The number of nitrogen functional groups attached to an aromatic ring is 1. The van der Waals surface area contributed by atoms with Crippen molar-refractivity contribution in [3.63, 3.8) is 0 Å². The number of thioether (sulfide) groups is 1. The highest BCUT2D eigenvalue weighted by molar-refractivity contribution is 7.99. The highest BCUT2D eigenvalue weighted by Crippen LogP contribution is 2.40. The van der Waals surface area contributed by atoms with Crippen LogP contribution in [0.15, 0.2) is 35.4 Å². The van der Waals surface area contributed by atoms with E-state index in [9.17, 15) is 5.26 Å². The van der Waals surface area contributed by atoms with Crippen LogP contribution in [-0.2, 0) is 0 Å². The molecule has 1 aromatic heterocycles. The molecule has 0 saturated heterocycles. The molecule has 2 rings (SSSR count). The Morgan fingerprint density at radius 3 is 2.62 bits per heavy atom. The van der Waals surface area contributed by atoms with Crippen molar-refractivity contribution in [2.75, 3.05) is 18.0 Å². The maximum atomic E-state index is 9.49. The van der Waals surface area contributed by atoms with Crippen molar-refractivity contribution >= 4 is 23.3 Å². The zero-order chi connectivity index (χ0) is 15.2. The zero-order valence-corrected chi connectivity index (χ0v) is 12.0. The number of hydrogen-bond donors (Lipinski definition) is 2. The van der Waals surface area contributed by atoms with Gasteiger partial charge in [-0.2, -0.15) is 5.26 Å². The van der Waals surface area contributed by atoms with Gasteiger partial charge in [0.25, 0.3) is 0 Å². The third-order valence-corrected chi connectivity index (χ3v) is 3.82. The molecular formula is C15H13N5S. The van der Waals surface area contributed by atoms with E-state index in [1.54, 1.807) is 0 Å². The maximum Gasteiger partial charge on any atom is 0.236 e. The summed E-state index contributed by atoms with van der Waals surface area (Å²) in [4.78, 5) is 7.64. The lowest BCUT2D eigenvalue weighted by Gasteiger charge is -2.12. The molecule has 0 aliphatic carbocycles. The van der Waals surface area contributed by atoms with Crippen LogP contribution in [0.25, 0.3) is 16.0 Å². The number of hydrogen-bond acceptors (Lipinski definition) is 5. The van der Waals surface area contributed by atoms with E-state index in [1.165, 1.54) is 11.8 Å². The Hall–Kier alpha value is -2.54. The second-order valence-electron chi connectivity index (χ2n) is 4.13. The molecule has 1 heterocycles. The van der Waals surface area contributed by atoms with Gasteiger partial charge in [0.1, 0.15) is 16.9 Å². The number of nitrogens with two attached hydrogens (primary N) is 2. The van der Waals surface area contributed by atoms with E-state index in [0.29, 0.717) is 28.5 Å². The Labute approximate surface area is 127 Å². The second kappa shape index (κ2) is 6.76. The normalized spacial score (nSPS) is 9.86. The Morgan fingerprint density at radius 2 is 2.05 bits per heavy atom. The van der Waals surface area contributed by atoms with Crippen molar-refractivity contribution < 1.29 is 0 Å². The van der Waals surface area contributed by atoms with Crippen LogP contribution < -0.4 is 11.5 Å². The fourth-order valence-electron chi connectivity index (χ4n) is 1.93. The van der Waals surface area contributed by atoms with Crippen LogP contribution in [0, 0.1) is 17.9 Å². The molecule has 0 radical (unpaired) electrons. The van der Waals surface area contributed by atoms with Crippen molar-refractivity contribution in [1.29, 1.82) is 5.26 Å². The van der Waals surface area contributed by atoms with Gasteiger partial charge in [-0.1, -0.05) is 30.3 Å². The molecule has 0 saturated carbocycles. The summed E-state index contributed by atoms with van der Waals surface area (Å²) in [6.45, 7) is 7.80. The van der Waals surface area contributed by atoms with Crippen molar-refractivity contribution in [2.24, 2.45) is 5.73 Å². The summed E-state index contributed by atoms with van der Waals surface area (Å²) in [7, 11) is 0. The van der Waals surface area contributed by atoms with E-state index in [1.807, 2.05) is 30.3 Å². The standard InChI is InChI=1S/C15H13N5S/c1-19-13-12(10-5-3-2-4-6-10)11(9-17)15(20-14(13)18)21-8-7-16/h2-6H,7-8,16H2,(H2,18,20). The molecule has 1 aromatic carbocycles. The number of anilines is 1. The Morgan fingerprint density at radius 1 is 1.33 bits per heavy atom. The van der Waals surface area contributed by atoms with E-state index in [4.69, 9.17) is 18.0 Å². The van der Waals surface area contributed by atoms with Gasteiger partial charge in [0.05, 0.1) is 12.1 Å². The Bertz CT molecular complexity index is 728. The van der Waals surface area contributed by atoms with Gasteiger partial charge >= 0.3 is 0 Å². The quantitative estimate of drug-likeness (QED) is 0.668. The van der Waals surface area contributed by atoms with E-state index in [-0.39, 0.29) is 11.5 Å². The minimum Gasteiger partial charge on any atom is -0.392 e. The van der Waals surface area contributed by atoms with E-state index < -0.39 is 0 Å². The van der Waals surface area contributed by atoms with Crippen LogP contribution in [0.4, 0.5) is 11.5 Å². The first-order valence-electron chi connectivity index (χ1n) is 6.22. The lowest BCUT2D eigenvalue weighted by Crippen LogP contribution is -2.04. The average molecular weight is 295 g/mol. The first-order chi connectivity index (χ1) is 10.2. The maximum absolute atomic E-state index is 9.49. The summed E-state index contributed by atoms with van der Waals surface area (Å²) in [6, 6.07) is 11.4. The van der Waals surface area contributed by atoms with Gasteiger partial charge in [0, 0.05) is 17.9 Å². The molecule has 104 valence electrons. The summed E-state index contributed by atoms with van der Waals surface area (Å²) >= 11 is 1.37. The number of pyridine rings is 1. The number of nitrogens with zero attached hydrogens (tertiary/aromatic N) is 3. The Kier molecular flexibility index (Phi) is 4.78. The lowest BCUT2D eigenvalue weighted by molar-refractivity contribution is 1.10. The summed E-state index contributed by atoms with van der Waals surface area (Å²) in [5.74, 6) is 0.773. The fraction of sp³-hybridized carbons (Fsp3) is 0.133. The van der Waals surface area contributed by atoms with Crippen molar-refractivity contribution in [3.8, 4) is 17.2 Å². The topological polar surface area (TPSA) is 93.1 Å². The molecule has 0 bridgehead atoms. The molecule has 6 heteroatoms. The van der Waals surface area contributed by atoms with Crippen LogP contribution >= 0.6 is 11.8 Å². The van der Waals surface area contributed by atoms with E-state index in [2.05, 4.69) is 15.9 Å². The zero-order valence-electron chi connectivity index (χ0n) is 11.2.